The summed E-state index contributed by atoms with van der Waals surface area (Å²) in [6.07, 6.45) is 0.103. The smallest absolute Gasteiger partial charge is 0.194 e. The lowest BCUT2D eigenvalue weighted by atomic mass is 9.98. The van der Waals surface area contributed by atoms with Gasteiger partial charge in [0.05, 0.1) is 18.1 Å². The maximum atomic E-state index is 12.7. The zero-order valence-electron chi connectivity index (χ0n) is 11.8. The van der Waals surface area contributed by atoms with E-state index < -0.39 is 0 Å². The normalized spacial score (nSPS) is 15.4. The Hall–Kier alpha value is -1.05. The van der Waals surface area contributed by atoms with Gasteiger partial charge in [0.2, 0.25) is 0 Å². The van der Waals surface area contributed by atoms with E-state index in [1.54, 1.807) is 6.07 Å². The van der Waals surface area contributed by atoms with Crippen LogP contribution in [0.15, 0.2) is 34.1 Å². The van der Waals surface area contributed by atoms with E-state index in [0.29, 0.717) is 30.8 Å². The summed E-state index contributed by atoms with van der Waals surface area (Å²) in [5.74, 6) is -0.0507. The van der Waals surface area contributed by atoms with Crippen molar-refractivity contribution in [3.8, 4) is 0 Å². The highest BCUT2D eigenvalue weighted by Gasteiger charge is 2.22. The second-order valence-corrected chi connectivity index (χ2v) is 6.77. The molecule has 116 valence electrons. The summed E-state index contributed by atoms with van der Waals surface area (Å²) >= 11 is 4.86. The summed E-state index contributed by atoms with van der Waals surface area (Å²) in [6, 6.07) is 7.37. The number of ketones is 1. The van der Waals surface area contributed by atoms with E-state index in [1.807, 2.05) is 23.6 Å². The first kappa shape index (κ1) is 15.8. The molecule has 22 heavy (non-hydrogen) atoms. The van der Waals surface area contributed by atoms with Crippen molar-refractivity contribution in [3.63, 3.8) is 0 Å². The molecule has 0 atom stereocenters. The first-order chi connectivity index (χ1) is 10.7. The second kappa shape index (κ2) is 7.02. The fraction of sp³-hybridized carbons (Fsp3) is 0.312. The summed E-state index contributed by atoms with van der Waals surface area (Å²) in [6.45, 7) is 1.18. The summed E-state index contributed by atoms with van der Waals surface area (Å²) in [5.41, 5.74) is 2.08. The zero-order valence-corrected chi connectivity index (χ0v) is 14.2. The molecule has 1 aromatic carbocycles. The summed E-state index contributed by atoms with van der Waals surface area (Å²) in [5, 5.41) is 11.0. The molecule has 6 heteroatoms. The van der Waals surface area contributed by atoms with Gasteiger partial charge in [-0.15, -0.1) is 11.3 Å². The van der Waals surface area contributed by atoms with Gasteiger partial charge in [-0.05, 0) is 30.2 Å². The predicted molar refractivity (Wildman–Crippen MR) is 87.3 cm³/mol. The molecular formula is C16H15BrO4S. The maximum absolute atomic E-state index is 12.7. The molecule has 0 spiro atoms. The first-order valence-electron chi connectivity index (χ1n) is 6.94. The van der Waals surface area contributed by atoms with Gasteiger partial charge in [-0.2, -0.15) is 0 Å². The number of ether oxygens (including phenoxy) is 2. The Labute approximate surface area is 140 Å². The molecule has 1 aliphatic heterocycles. The van der Waals surface area contributed by atoms with Gasteiger partial charge in [-0.3, -0.25) is 4.79 Å². The van der Waals surface area contributed by atoms with E-state index in [1.165, 1.54) is 11.3 Å². The molecule has 3 rings (SSSR count). The third-order valence-electron chi connectivity index (χ3n) is 3.43. The van der Waals surface area contributed by atoms with Crippen molar-refractivity contribution in [1.29, 1.82) is 0 Å². The van der Waals surface area contributed by atoms with Crippen molar-refractivity contribution >= 4 is 33.0 Å². The van der Waals surface area contributed by atoms with E-state index >= 15 is 0 Å². The van der Waals surface area contributed by atoms with Crippen molar-refractivity contribution < 1.29 is 19.4 Å². The van der Waals surface area contributed by atoms with Crippen LogP contribution in [0.25, 0.3) is 0 Å². The van der Waals surface area contributed by atoms with Crippen molar-refractivity contribution in [2.45, 2.75) is 12.7 Å². The Morgan fingerprint density at radius 3 is 2.82 bits per heavy atom. The van der Waals surface area contributed by atoms with Gasteiger partial charge in [-0.1, -0.05) is 22.0 Å². The highest BCUT2D eigenvalue weighted by molar-refractivity contribution is 9.10. The molecule has 1 N–H and O–H groups in total. The Balaban J connectivity index is 1.88. The molecule has 1 saturated heterocycles. The average Bonchev–Trinajstić information content (AvgIpc) is 3.19. The monoisotopic (exact) mass is 382 g/mol. The van der Waals surface area contributed by atoms with Crippen LogP contribution in [0, 0.1) is 0 Å². The molecule has 1 aromatic heterocycles. The zero-order chi connectivity index (χ0) is 15.5. The number of thiophene rings is 1. The van der Waals surface area contributed by atoms with Gasteiger partial charge in [-0.25, -0.2) is 0 Å². The average molecular weight is 383 g/mol. The van der Waals surface area contributed by atoms with Crippen molar-refractivity contribution in [1.82, 2.24) is 0 Å². The molecule has 1 fully saturated rings. The lowest BCUT2D eigenvalue weighted by Crippen LogP contribution is -2.06. The van der Waals surface area contributed by atoms with E-state index in [-0.39, 0.29) is 18.7 Å². The number of halogens is 1. The van der Waals surface area contributed by atoms with Gasteiger partial charge >= 0.3 is 0 Å². The molecule has 2 aromatic rings. The number of carbonyl (C=O) groups excluding carboxylic acids is 1. The van der Waals surface area contributed by atoms with Gasteiger partial charge in [0.1, 0.15) is 0 Å². The number of benzene rings is 1. The minimum Gasteiger partial charge on any atom is -0.396 e. The third-order valence-corrected chi connectivity index (χ3v) is 4.88. The number of carbonyl (C=O) groups is 1. The molecule has 0 saturated carbocycles. The maximum Gasteiger partial charge on any atom is 0.194 e. The van der Waals surface area contributed by atoms with Crippen LogP contribution in [0.5, 0.6) is 0 Å². The summed E-state index contributed by atoms with van der Waals surface area (Å²) < 4.78 is 11.8. The van der Waals surface area contributed by atoms with Crippen LogP contribution in [0.4, 0.5) is 0 Å². The topological polar surface area (TPSA) is 55.8 Å². The Kier molecular flexibility index (Phi) is 5.05. The quantitative estimate of drug-likeness (QED) is 0.805. The molecule has 0 bridgehead atoms. The number of hydrogen-bond acceptors (Lipinski definition) is 5. The van der Waals surface area contributed by atoms with E-state index in [0.717, 1.165) is 14.9 Å². The molecule has 0 aliphatic carbocycles. The van der Waals surface area contributed by atoms with Crippen molar-refractivity contribution in [2.24, 2.45) is 0 Å². The van der Waals surface area contributed by atoms with Crippen LogP contribution in [0.3, 0.4) is 0 Å². The van der Waals surface area contributed by atoms with Gasteiger partial charge in [0, 0.05) is 27.6 Å². The van der Waals surface area contributed by atoms with Crippen LogP contribution < -0.4 is 0 Å². The van der Waals surface area contributed by atoms with E-state index in [2.05, 4.69) is 15.9 Å². The molecule has 4 nitrogen and oxygen atoms in total. The van der Waals surface area contributed by atoms with Crippen LogP contribution in [0.2, 0.25) is 0 Å². The fourth-order valence-electron chi connectivity index (χ4n) is 2.37. The van der Waals surface area contributed by atoms with Crippen LogP contribution >= 0.6 is 27.3 Å². The first-order valence-corrected chi connectivity index (χ1v) is 8.62. The lowest BCUT2D eigenvalue weighted by molar-refractivity contribution is -0.0413. The molecule has 2 heterocycles. The van der Waals surface area contributed by atoms with E-state index in [9.17, 15) is 4.79 Å². The number of aliphatic hydroxyl groups is 1. The summed E-state index contributed by atoms with van der Waals surface area (Å²) in [7, 11) is 0. The van der Waals surface area contributed by atoms with Crippen molar-refractivity contribution in [3.05, 3.63) is 55.7 Å². The highest BCUT2D eigenvalue weighted by atomic mass is 79.9. The Morgan fingerprint density at radius 2 is 2.09 bits per heavy atom. The number of aliphatic hydroxyl groups excluding tert-OH is 1. The lowest BCUT2D eigenvalue weighted by Gasteiger charge is -2.08. The van der Waals surface area contributed by atoms with Crippen LogP contribution in [-0.4, -0.2) is 30.7 Å². The number of rotatable bonds is 5. The minimum absolute atomic E-state index is 0.0144. The standard InChI is InChI=1S/C16H15BrO4S/c17-12-2-1-10(3-4-18)13(8-12)15(19)11-7-14(22-9-11)16-20-5-6-21-16/h1-2,7-9,16,18H,3-6H2. The molecule has 1 aliphatic rings. The van der Waals surface area contributed by atoms with Crippen LogP contribution in [-0.2, 0) is 15.9 Å². The van der Waals surface area contributed by atoms with Crippen LogP contribution in [0.1, 0.15) is 32.7 Å². The largest absolute Gasteiger partial charge is 0.396 e. The third kappa shape index (κ3) is 3.31. The predicted octanol–water partition coefficient (Wildman–Crippen LogP) is 3.32. The van der Waals surface area contributed by atoms with Gasteiger partial charge in [0.25, 0.3) is 0 Å². The fourth-order valence-corrected chi connectivity index (χ4v) is 3.61. The number of hydrogen-bond donors (Lipinski definition) is 1. The summed E-state index contributed by atoms with van der Waals surface area (Å²) in [4.78, 5) is 13.6. The van der Waals surface area contributed by atoms with Crippen molar-refractivity contribution in [2.75, 3.05) is 19.8 Å². The minimum atomic E-state index is -0.356. The highest BCUT2D eigenvalue weighted by Crippen LogP contribution is 2.30. The Morgan fingerprint density at radius 1 is 1.32 bits per heavy atom. The molecule has 0 radical (unpaired) electrons. The SMILES string of the molecule is O=C(c1csc(C2OCCO2)c1)c1cc(Br)ccc1CCO. The second-order valence-electron chi connectivity index (χ2n) is 4.92. The van der Waals surface area contributed by atoms with Gasteiger partial charge < -0.3 is 14.6 Å². The molecule has 0 amide bonds. The molecular weight excluding hydrogens is 368 g/mol. The van der Waals surface area contributed by atoms with Gasteiger partial charge in [0.15, 0.2) is 12.1 Å². The molecule has 0 unspecified atom stereocenters. The Bertz CT molecular complexity index is 677. The van der Waals surface area contributed by atoms with E-state index in [4.69, 9.17) is 14.6 Å².